The quantitative estimate of drug-likeness (QED) is 0.673. The van der Waals surface area contributed by atoms with Crippen LogP contribution >= 0.6 is 0 Å². The molecule has 2 heterocycles. The molecule has 30 heavy (non-hydrogen) atoms. The van der Waals surface area contributed by atoms with Crippen molar-refractivity contribution < 1.29 is 23.5 Å². The van der Waals surface area contributed by atoms with E-state index in [0.29, 0.717) is 28.8 Å². The van der Waals surface area contributed by atoms with Crippen LogP contribution in [0.1, 0.15) is 6.42 Å². The minimum absolute atomic E-state index is 0.0436. The fourth-order valence-electron chi connectivity index (χ4n) is 2.97. The Labute approximate surface area is 172 Å². The van der Waals surface area contributed by atoms with Crippen molar-refractivity contribution in [2.75, 3.05) is 23.4 Å². The Hall–Kier alpha value is -3.94. The van der Waals surface area contributed by atoms with Crippen LogP contribution in [0.5, 0.6) is 17.4 Å². The van der Waals surface area contributed by atoms with Gasteiger partial charge in [0.1, 0.15) is 17.3 Å². The fraction of sp³-hybridized carbons (Fsp3) is 0.136. The first kappa shape index (κ1) is 19.4. The van der Waals surface area contributed by atoms with E-state index in [1.54, 1.807) is 29.2 Å². The highest BCUT2D eigenvalue weighted by molar-refractivity contribution is 5.99. The number of nitrogens with zero attached hydrogens (tertiary/aromatic N) is 2. The fourth-order valence-corrected chi connectivity index (χ4v) is 2.97. The van der Waals surface area contributed by atoms with E-state index in [2.05, 4.69) is 10.3 Å². The molecule has 0 unspecified atom stereocenters. The normalized spacial score (nSPS) is 12.7. The van der Waals surface area contributed by atoms with Crippen LogP contribution < -0.4 is 19.7 Å². The summed E-state index contributed by atoms with van der Waals surface area (Å²) in [6.45, 7) is 0.197. The molecule has 2 aromatic carbocycles. The molecule has 0 bridgehead atoms. The molecule has 0 atom stereocenters. The number of carbonyl (C=O) groups excluding carboxylic acids is 2. The number of rotatable bonds is 6. The number of fused-ring (bicyclic) bond motifs is 1. The molecule has 1 aromatic heterocycles. The molecule has 0 spiro atoms. The maximum Gasteiger partial charge on any atom is 0.265 e. The molecule has 0 saturated carbocycles. The van der Waals surface area contributed by atoms with Crippen LogP contribution in [0.3, 0.4) is 0 Å². The van der Waals surface area contributed by atoms with Crippen molar-refractivity contribution in [2.24, 2.45) is 0 Å². The maximum absolute atomic E-state index is 12.9. The largest absolute Gasteiger partial charge is 0.482 e. The van der Waals surface area contributed by atoms with Gasteiger partial charge in [-0.3, -0.25) is 9.59 Å². The lowest BCUT2D eigenvalue weighted by atomic mass is 10.2. The van der Waals surface area contributed by atoms with Gasteiger partial charge >= 0.3 is 0 Å². The molecule has 0 saturated heterocycles. The predicted molar refractivity (Wildman–Crippen MR) is 108 cm³/mol. The Morgan fingerprint density at radius 2 is 1.93 bits per heavy atom. The minimum atomic E-state index is -0.351. The Morgan fingerprint density at radius 1 is 1.13 bits per heavy atom. The summed E-state index contributed by atoms with van der Waals surface area (Å²) < 4.78 is 23.9. The van der Waals surface area contributed by atoms with E-state index in [0.717, 1.165) is 0 Å². The van der Waals surface area contributed by atoms with Crippen LogP contribution in [-0.4, -0.2) is 29.9 Å². The van der Waals surface area contributed by atoms with E-state index in [9.17, 15) is 14.0 Å². The van der Waals surface area contributed by atoms with Crippen molar-refractivity contribution >= 4 is 23.2 Å². The van der Waals surface area contributed by atoms with Crippen LogP contribution in [-0.2, 0) is 9.59 Å². The first-order chi connectivity index (χ1) is 14.6. The van der Waals surface area contributed by atoms with Crippen LogP contribution in [0.25, 0.3) is 0 Å². The van der Waals surface area contributed by atoms with E-state index >= 15 is 0 Å². The Bertz CT molecular complexity index is 1050. The Kier molecular flexibility index (Phi) is 5.56. The summed E-state index contributed by atoms with van der Waals surface area (Å²) in [6, 6.07) is 16.0. The summed E-state index contributed by atoms with van der Waals surface area (Å²) in [5.74, 6) is 0.603. The summed E-state index contributed by atoms with van der Waals surface area (Å²) in [5.41, 5.74) is 1.16. The van der Waals surface area contributed by atoms with Gasteiger partial charge in [-0.15, -0.1) is 0 Å². The average Bonchev–Trinajstić information content (AvgIpc) is 2.76. The standard InChI is InChI=1S/C22H18FN3O4/c23-15-5-8-17(9-6-15)30-21-10-7-16(13-24-21)25-20(27)11-12-26-18-3-1-2-4-19(18)29-14-22(26)28/h1-10,13H,11-12,14H2,(H,25,27). The molecule has 2 amide bonds. The van der Waals surface area contributed by atoms with Crippen molar-refractivity contribution in [1.29, 1.82) is 0 Å². The molecule has 1 aliphatic rings. The zero-order chi connectivity index (χ0) is 20.9. The Morgan fingerprint density at radius 3 is 2.70 bits per heavy atom. The number of halogens is 1. The third kappa shape index (κ3) is 4.54. The van der Waals surface area contributed by atoms with Gasteiger partial charge in [-0.1, -0.05) is 12.1 Å². The number of ether oxygens (including phenoxy) is 2. The molecule has 1 N–H and O–H groups in total. The van der Waals surface area contributed by atoms with E-state index in [1.807, 2.05) is 12.1 Å². The summed E-state index contributed by atoms with van der Waals surface area (Å²) in [5, 5.41) is 2.74. The molecule has 4 rings (SSSR count). The SMILES string of the molecule is O=C(CCN1C(=O)COc2ccccc21)Nc1ccc(Oc2ccc(F)cc2)nc1. The van der Waals surface area contributed by atoms with Crippen molar-refractivity contribution in [1.82, 2.24) is 4.98 Å². The molecule has 7 nitrogen and oxygen atoms in total. The number of para-hydroxylation sites is 2. The molecule has 0 radical (unpaired) electrons. The third-order valence-corrected chi connectivity index (χ3v) is 4.43. The van der Waals surface area contributed by atoms with Crippen molar-refractivity contribution in [3.05, 3.63) is 72.7 Å². The van der Waals surface area contributed by atoms with E-state index in [1.165, 1.54) is 30.5 Å². The van der Waals surface area contributed by atoms with Crippen LogP contribution in [0, 0.1) is 5.82 Å². The molecule has 1 aliphatic heterocycles. The minimum Gasteiger partial charge on any atom is -0.482 e. The smallest absolute Gasteiger partial charge is 0.265 e. The summed E-state index contributed by atoms with van der Waals surface area (Å²) >= 11 is 0. The van der Waals surface area contributed by atoms with Crippen LogP contribution in [0.4, 0.5) is 15.8 Å². The molecule has 152 valence electrons. The summed E-state index contributed by atoms with van der Waals surface area (Å²) in [6.07, 6.45) is 1.58. The zero-order valence-electron chi connectivity index (χ0n) is 15.9. The predicted octanol–water partition coefficient (Wildman–Crippen LogP) is 3.77. The van der Waals surface area contributed by atoms with E-state index < -0.39 is 0 Å². The molecular formula is C22H18FN3O4. The number of hydrogen-bond donors (Lipinski definition) is 1. The van der Waals surface area contributed by atoms with Crippen LogP contribution in [0.15, 0.2) is 66.9 Å². The molecular weight excluding hydrogens is 389 g/mol. The van der Waals surface area contributed by atoms with Gasteiger partial charge in [0.05, 0.1) is 17.6 Å². The van der Waals surface area contributed by atoms with E-state index in [4.69, 9.17) is 9.47 Å². The summed E-state index contributed by atoms with van der Waals surface area (Å²) in [4.78, 5) is 30.1. The topological polar surface area (TPSA) is 80.8 Å². The van der Waals surface area contributed by atoms with Gasteiger partial charge in [-0.05, 0) is 42.5 Å². The number of pyridine rings is 1. The lowest BCUT2D eigenvalue weighted by Crippen LogP contribution is -2.40. The monoisotopic (exact) mass is 407 g/mol. The number of benzene rings is 2. The van der Waals surface area contributed by atoms with Gasteiger partial charge in [-0.25, -0.2) is 9.37 Å². The van der Waals surface area contributed by atoms with Crippen molar-refractivity contribution in [3.8, 4) is 17.4 Å². The van der Waals surface area contributed by atoms with Gasteiger partial charge in [0, 0.05) is 19.0 Å². The molecule has 0 aliphatic carbocycles. The van der Waals surface area contributed by atoms with Gasteiger partial charge in [0.2, 0.25) is 11.8 Å². The lowest BCUT2D eigenvalue weighted by Gasteiger charge is -2.29. The number of carbonyl (C=O) groups is 2. The number of anilines is 2. The summed E-state index contributed by atoms with van der Waals surface area (Å²) in [7, 11) is 0. The third-order valence-electron chi connectivity index (χ3n) is 4.43. The number of amides is 2. The zero-order valence-corrected chi connectivity index (χ0v) is 15.9. The van der Waals surface area contributed by atoms with Gasteiger partial charge < -0.3 is 19.7 Å². The lowest BCUT2D eigenvalue weighted by molar-refractivity contribution is -0.121. The maximum atomic E-state index is 12.9. The number of nitrogens with one attached hydrogen (secondary N) is 1. The Balaban J connectivity index is 1.32. The number of hydrogen-bond acceptors (Lipinski definition) is 5. The number of aromatic nitrogens is 1. The molecule has 0 fully saturated rings. The van der Waals surface area contributed by atoms with Crippen molar-refractivity contribution in [3.63, 3.8) is 0 Å². The highest BCUT2D eigenvalue weighted by Gasteiger charge is 2.25. The van der Waals surface area contributed by atoms with Gasteiger partial charge in [0.15, 0.2) is 6.61 Å². The molecule has 8 heteroatoms. The van der Waals surface area contributed by atoms with E-state index in [-0.39, 0.29) is 37.2 Å². The first-order valence-corrected chi connectivity index (χ1v) is 9.30. The first-order valence-electron chi connectivity index (χ1n) is 9.30. The van der Waals surface area contributed by atoms with Crippen LogP contribution in [0.2, 0.25) is 0 Å². The highest BCUT2D eigenvalue weighted by Crippen LogP contribution is 2.31. The second-order valence-electron chi connectivity index (χ2n) is 6.54. The average molecular weight is 407 g/mol. The molecule has 3 aromatic rings. The van der Waals surface area contributed by atoms with Gasteiger partial charge in [0.25, 0.3) is 5.91 Å². The van der Waals surface area contributed by atoms with Crippen molar-refractivity contribution in [2.45, 2.75) is 6.42 Å². The second-order valence-corrected chi connectivity index (χ2v) is 6.54. The van der Waals surface area contributed by atoms with Gasteiger partial charge in [-0.2, -0.15) is 0 Å². The second kappa shape index (κ2) is 8.60. The highest BCUT2D eigenvalue weighted by atomic mass is 19.1.